The molecular formula is C17H22O4. The van der Waals surface area contributed by atoms with E-state index in [4.69, 9.17) is 14.3 Å². The molecule has 1 aromatic heterocycles. The SMILES string of the molecule is COc1cc(CCCCO)c2c(=O)cc(C(C)C)oc2c1. The van der Waals surface area contributed by atoms with Crippen molar-refractivity contribution in [2.45, 2.75) is 39.0 Å². The lowest BCUT2D eigenvalue weighted by atomic mass is 10.0. The molecule has 0 bridgehead atoms. The lowest BCUT2D eigenvalue weighted by Gasteiger charge is -2.11. The zero-order chi connectivity index (χ0) is 15.4. The Bertz CT molecular complexity index is 670. The van der Waals surface area contributed by atoms with Crippen LogP contribution in [0.1, 0.15) is 43.9 Å². The molecule has 0 unspecified atom stereocenters. The molecule has 1 heterocycles. The number of fused-ring (bicyclic) bond motifs is 1. The van der Waals surface area contributed by atoms with E-state index in [0.717, 1.165) is 18.4 Å². The van der Waals surface area contributed by atoms with Crippen molar-refractivity contribution in [1.29, 1.82) is 0 Å². The molecule has 0 amide bonds. The van der Waals surface area contributed by atoms with Crippen LogP contribution in [-0.2, 0) is 6.42 Å². The molecule has 0 spiro atoms. The van der Waals surface area contributed by atoms with Crippen molar-refractivity contribution >= 4 is 11.0 Å². The van der Waals surface area contributed by atoms with Crippen molar-refractivity contribution in [2.24, 2.45) is 0 Å². The second-order valence-corrected chi connectivity index (χ2v) is 5.51. The molecule has 2 aromatic rings. The topological polar surface area (TPSA) is 59.7 Å². The third kappa shape index (κ3) is 3.45. The molecule has 4 heteroatoms. The Kier molecular flexibility index (Phi) is 5.02. The molecule has 0 atom stereocenters. The fourth-order valence-electron chi connectivity index (χ4n) is 2.39. The molecule has 1 N–H and O–H groups in total. The Balaban J connectivity index is 2.58. The number of methoxy groups -OCH3 is 1. The molecule has 114 valence electrons. The van der Waals surface area contributed by atoms with Crippen LogP contribution in [-0.4, -0.2) is 18.8 Å². The van der Waals surface area contributed by atoms with Gasteiger partial charge in [0.25, 0.3) is 0 Å². The van der Waals surface area contributed by atoms with Gasteiger partial charge in [-0.3, -0.25) is 4.79 Å². The number of aliphatic hydroxyl groups excluding tert-OH is 1. The summed E-state index contributed by atoms with van der Waals surface area (Å²) in [4.78, 5) is 12.4. The summed E-state index contributed by atoms with van der Waals surface area (Å²) in [5, 5.41) is 9.53. The predicted molar refractivity (Wildman–Crippen MR) is 83.1 cm³/mol. The maximum atomic E-state index is 12.4. The van der Waals surface area contributed by atoms with Gasteiger partial charge >= 0.3 is 0 Å². The molecule has 0 saturated carbocycles. The highest BCUT2D eigenvalue weighted by molar-refractivity contribution is 5.82. The van der Waals surface area contributed by atoms with Crippen LogP contribution in [0.2, 0.25) is 0 Å². The van der Waals surface area contributed by atoms with Crippen molar-refractivity contribution in [3.8, 4) is 5.75 Å². The maximum Gasteiger partial charge on any atom is 0.193 e. The van der Waals surface area contributed by atoms with Gasteiger partial charge in [-0.2, -0.15) is 0 Å². The van der Waals surface area contributed by atoms with E-state index in [9.17, 15) is 4.79 Å². The zero-order valence-electron chi connectivity index (χ0n) is 12.8. The smallest absolute Gasteiger partial charge is 0.193 e. The average molecular weight is 290 g/mol. The summed E-state index contributed by atoms with van der Waals surface area (Å²) in [6.45, 7) is 4.15. The number of benzene rings is 1. The van der Waals surface area contributed by atoms with Gasteiger partial charge in [0.2, 0.25) is 0 Å². The molecule has 1 aromatic carbocycles. The largest absolute Gasteiger partial charge is 0.497 e. The Morgan fingerprint density at radius 1 is 1.24 bits per heavy atom. The van der Waals surface area contributed by atoms with Gasteiger partial charge in [-0.25, -0.2) is 0 Å². The van der Waals surface area contributed by atoms with E-state index in [1.807, 2.05) is 19.9 Å². The van der Waals surface area contributed by atoms with Crippen molar-refractivity contribution in [3.63, 3.8) is 0 Å². The molecule has 0 aliphatic carbocycles. The number of hydrogen-bond donors (Lipinski definition) is 1. The summed E-state index contributed by atoms with van der Waals surface area (Å²) in [6, 6.07) is 5.22. The highest BCUT2D eigenvalue weighted by atomic mass is 16.5. The first kappa shape index (κ1) is 15.6. The van der Waals surface area contributed by atoms with Gasteiger partial charge in [0, 0.05) is 24.7 Å². The second-order valence-electron chi connectivity index (χ2n) is 5.51. The first-order chi connectivity index (χ1) is 10.1. The van der Waals surface area contributed by atoms with E-state index in [1.165, 1.54) is 0 Å². The van der Waals surface area contributed by atoms with Crippen LogP contribution in [0.25, 0.3) is 11.0 Å². The predicted octanol–water partition coefficient (Wildman–Crippen LogP) is 3.24. The molecule has 21 heavy (non-hydrogen) atoms. The summed E-state index contributed by atoms with van der Waals surface area (Å²) in [6.07, 6.45) is 2.26. The normalized spacial score (nSPS) is 11.3. The van der Waals surface area contributed by atoms with Gasteiger partial charge in [-0.15, -0.1) is 0 Å². The molecule has 0 aliphatic heterocycles. The number of unbranched alkanes of at least 4 members (excludes halogenated alkanes) is 1. The van der Waals surface area contributed by atoms with Crippen LogP contribution >= 0.6 is 0 Å². The van der Waals surface area contributed by atoms with E-state index >= 15 is 0 Å². The molecule has 2 rings (SSSR count). The van der Waals surface area contributed by atoms with E-state index < -0.39 is 0 Å². The Labute approximate surface area is 124 Å². The number of ether oxygens (including phenoxy) is 1. The van der Waals surface area contributed by atoms with Gasteiger partial charge in [-0.1, -0.05) is 13.8 Å². The molecule has 0 radical (unpaired) electrons. The number of rotatable bonds is 6. The van der Waals surface area contributed by atoms with Crippen molar-refractivity contribution in [2.75, 3.05) is 13.7 Å². The second kappa shape index (κ2) is 6.76. The van der Waals surface area contributed by atoms with Gasteiger partial charge in [0.05, 0.1) is 12.5 Å². The van der Waals surface area contributed by atoms with Crippen molar-refractivity contribution < 1.29 is 14.3 Å². The Hall–Kier alpha value is -1.81. The van der Waals surface area contributed by atoms with E-state index in [1.54, 1.807) is 19.2 Å². The third-order valence-corrected chi connectivity index (χ3v) is 3.56. The summed E-state index contributed by atoms with van der Waals surface area (Å²) in [5.74, 6) is 1.53. The minimum absolute atomic E-state index is 0.0124. The van der Waals surface area contributed by atoms with Crippen LogP contribution < -0.4 is 10.2 Å². The van der Waals surface area contributed by atoms with Crippen LogP contribution in [0.5, 0.6) is 5.75 Å². The lowest BCUT2D eigenvalue weighted by molar-refractivity contribution is 0.284. The molecule has 0 aliphatic rings. The average Bonchev–Trinajstić information content (AvgIpc) is 2.46. The minimum atomic E-state index is -0.0124. The first-order valence-electron chi connectivity index (χ1n) is 7.32. The highest BCUT2D eigenvalue weighted by Crippen LogP contribution is 2.27. The third-order valence-electron chi connectivity index (χ3n) is 3.56. The number of aryl methyl sites for hydroxylation is 1. The monoisotopic (exact) mass is 290 g/mol. The molecule has 4 nitrogen and oxygen atoms in total. The fraction of sp³-hybridized carbons (Fsp3) is 0.471. The van der Waals surface area contributed by atoms with E-state index in [2.05, 4.69) is 0 Å². The molecular weight excluding hydrogens is 268 g/mol. The quantitative estimate of drug-likeness (QED) is 0.830. The Morgan fingerprint density at radius 2 is 2.00 bits per heavy atom. The van der Waals surface area contributed by atoms with Gasteiger partial charge in [-0.05, 0) is 30.9 Å². The van der Waals surface area contributed by atoms with Crippen LogP contribution in [0.3, 0.4) is 0 Å². The summed E-state index contributed by atoms with van der Waals surface area (Å²) in [7, 11) is 1.60. The molecule has 0 saturated heterocycles. The number of aliphatic hydroxyl groups is 1. The lowest BCUT2D eigenvalue weighted by Crippen LogP contribution is -2.07. The van der Waals surface area contributed by atoms with Crippen molar-refractivity contribution in [3.05, 3.63) is 39.7 Å². The summed E-state index contributed by atoms with van der Waals surface area (Å²) in [5.41, 5.74) is 1.48. The van der Waals surface area contributed by atoms with Crippen LogP contribution in [0.15, 0.2) is 27.4 Å². The molecule has 0 fully saturated rings. The highest BCUT2D eigenvalue weighted by Gasteiger charge is 2.13. The number of hydrogen-bond acceptors (Lipinski definition) is 4. The fourth-order valence-corrected chi connectivity index (χ4v) is 2.39. The van der Waals surface area contributed by atoms with Gasteiger partial charge < -0.3 is 14.3 Å². The first-order valence-corrected chi connectivity index (χ1v) is 7.32. The summed E-state index contributed by atoms with van der Waals surface area (Å²) >= 11 is 0. The van der Waals surface area contributed by atoms with Crippen LogP contribution in [0.4, 0.5) is 0 Å². The standard InChI is InChI=1S/C17H22O4/c1-11(2)15-10-14(19)17-12(6-4-5-7-18)8-13(20-3)9-16(17)21-15/h8-11,18H,4-7H2,1-3H3. The zero-order valence-corrected chi connectivity index (χ0v) is 12.8. The van der Waals surface area contributed by atoms with Gasteiger partial charge in [0.1, 0.15) is 17.1 Å². The van der Waals surface area contributed by atoms with E-state index in [-0.39, 0.29) is 18.0 Å². The van der Waals surface area contributed by atoms with Crippen molar-refractivity contribution in [1.82, 2.24) is 0 Å². The maximum absolute atomic E-state index is 12.4. The van der Waals surface area contributed by atoms with Crippen LogP contribution in [0, 0.1) is 0 Å². The summed E-state index contributed by atoms with van der Waals surface area (Å²) < 4.78 is 11.2. The van der Waals surface area contributed by atoms with Gasteiger partial charge in [0.15, 0.2) is 5.43 Å². The van der Waals surface area contributed by atoms with E-state index in [0.29, 0.717) is 28.9 Å². The minimum Gasteiger partial charge on any atom is -0.497 e. The Morgan fingerprint density at radius 3 is 2.62 bits per heavy atom.